The number of carbonyl (C=O) groups is 1. The topological polar surface area (TPSA) is 106 Å². The maximum absolute atomic E-state index is 12.3. The van der Waals surface area contributed by atoms with Gasteiger partial charge in [-0.1, -0.05) is 42.1 Å². The number of nitrogens with one attached hydrogen (secondary N) is 4. The second-order valence-corrected chi connectivity index (χ2v) is 7.42. The van der Waals surface area contributed by atoms with Crippen molar-refractivity contribution in [2.24, 2.45) is 0 Å². The lowest BCUT2D eigenvalue weighted by Crippen LogP contribution is -2.14. The van der Waals surface area contributed by atoms with Gasteiger partial charge in [0.05, 0.1) is 22.5 Å². The van der Waals surface area contributed by atoms with Crippen molar-refractivity contribution < 1.29 is 4.79 Å². The second-order valence-electron chi connectivity index (χ2n) is 6.45. The van der Waals surface area contributed by atoms with Crippen LogP contribution in [0.4, 0.5) is 5.69 Å². The van der Waals surface area contributed by atoms with Crippen LogP contribution in [0.3, 0.4) is 0 Å². The molecular weight excluding hydrogens is 374 g/mol. The number of benzene rings is 2. The molecule has 7 nitrogen and oxygen atoms in total. The van der Waals surface area contributed by atoms with Gasteiger partial charge in [-0.2, -0.15) is 0 Å². The van der Waals surface area contributed by atoms with Gasteiger partial charge >= 0.3 is 5.69 Å². The average molecular weight is 393 g/mol. The number of amides is 1. The van der Waals surface area contributed by atoms with Crippen LogP contribution < -0.4 is 11.0 Å². The van der Waals surface area contributed by atoms with Crippen molar-refractivity contribution >= 4 is 34.4 Å². The van der Waals surface area contributed by atoms with Crippen LogP contribution in [0.5, 0.6) is 0 Å². The molecule has 0 spiro atoms. The monoisotopic (exact) mass is 393 g/mol. The third-order valence-electron chi connectivity index (χ3n) is 4.32. The zero-order valence-electron chi connectivity index (χ0n) is 15.2. The Kier molecular flexibility index (Phi) is 5.03. The number of aromatic nitrogens is 4. The van der Waals surface area contributed by atoms with Crippen LogP contribution in [0.1, 0.15) is 17.0 Å². The molecule has 2 aromatic heterocycles. The number of aromatic amines is 3. The number of thioether (sulfide) groups is 1. The van der Waals surface area contributed by atoms with Gasteiger partial charge in [-0.3, -0.25) is 4.79 Å². The number of hydrogen-bond acceptors (Lipinski definition) is 4. The van der Waals surface area contributed by atoms with E-state index in [0.717, 1.165) is 23.0 Å². The molecule has 8 heteroatoms. The fraction of sp³-hybridized carbons (Fsp3) is 0.150. The number of rotatable bonds is 6. The van der Waals surface area contributed by atoms with E-state index >= 15 is 0 Å². The molecule has 2 aromatic carbocycles. The molecule has 0 bridgehead atoms. The second kappa shape index (κ2) is 7.77. The first-order valence-corrected chi connectivity index (χ1v) is 9.79. The van der Waals surface area contributed by atoms with Crippen LogP contribution in [0.15, 0.2) is 58.5 Å². The summed E-state index contributed by atoms with van der Waals surface area (Å²) in [7, 11) is 0. The van der Waals surface area contributed by atoms with Crippen molar-refractivity contribution in [3.8, 4) is 0 Å². The number of H-pyrrole nitrogens is 3. The molecule has 0 atom stereocenters. The first kappa shape index (κ1) is 18.1. The summed E-state index contributed by atoms with van der Waals surface area (Å²) in [5, 5.41) is 3.56. The van der Waals surface area contributed by atoms with Gasteiger partial charge in [0.25, 0.3) is 0 Å². The molecule has 2 heterocycles. The van der Waals surface area contributed by atoms with Crippen molar-refractivity contribution in [2.45, 2.75) is 18.5 Å². The van der Waals surface area contributed by atoms with Gasteiger partial charge in [-0.15, -0.1) is 0 Å². The standard InChI is InChI=1S/C20H19N5O2S/c1-12-16(9-13-5-3-2-4-6-13)25-20(21-12)28-11-18(26)22-14-7-8-15-17(10-14)24-19(27)23-15/h2-8,10H,9,11H2,1H3,(H,21,25)(H,22,26)(H2,23,24,27). The molecule has 0 aliphatic heterocycles. The lowest BCUT2D eigenvalue weighted by molar-refractivity contribution is -0.113. The van der Waals surface area contributed by atoms with E-state index in [1.54, 1.807) is 18.2 Å². The molecule has 4 N–H and O–H groups in total. The fourth-order valence-corrected chi connectivity index (χ4v) is 3.68. The SMILES string of the molecule is Cc1[nH]c(SCC(=O)Nc2ccc3[nH]c(=O)[nH]c3c2)nc1Cc1ccccc1. The molecule has 4 aromatic rings. The molecule has 142 valence electrons. The van der Waals surface area contributed by atoms with Gasteiger partial charge in [0.2, 0.25) is 5.91 Å². The minimum Gasteiger partial charge on any atom is -0.337 e. The predicted molar refractivity (Wildman–Crippen MR) is 111 cm³/mol. The van der Waals surface area contributed by atoms with E-state index in [2.05, 4.69) is 37.4 Å². The third-order valence-corrected chi connectivity index (χ3v) is 5.19. The average Bonchev–Trinajstić information content (AvgIpc) is 3.22. The summed E-state index contributed by atoms with van der Waals surface area (Å²) < 4.78 is 0. The van der Waals surface area contributed by atoms with E-state index in [-0.39, 0.29) is 17.3 Å². The summed E-state index contributed by atoms with van der Waals surface area (Å²) >= 11 is 1.36. The maximum Gasteiger partial charge on any atom is 0.323 e. The maximum atomic E-state index is 12.3. The van der Waals surface area contributed by atoms with E-state index < -0.39 is 0 Å². The summed E-state index contributed by atoms with van der Waals surface area (Å²) in [4.78, 5) is 36.8. The fourth-order valence-electron chi connectivity index (χ4n) is 2.94. The van der Waals surface area contributed by atoms with Crippen LogP contribution >= 0.6 is 11.8 Å². The van der Waals surface area contributed by atoms with Crippen LogP contribution in [-0.4, -0.2) is 31.6 Å². The first-order valence-electron chi connectivity index (χ1n) is 8.81. The van der Waals surface area contributed by atoms with Gasteiger partial charge in [-0.25, -0.2) is 9.78 Å². The molecular formula is C20H19N5O2S. The lowest BCUT2D eigenvalue weighted by Gasteiger charge is -2.04. The van der Waals surface area contributed by atoms with E-state index in [0.29, 0.717) is 16.7 Å². The Morgan fingerprint density at radius 3 is 2.68 bits per heavy atom. The summed E-state index contributed by atoms with van der Waals surface area (Å²) in [5.41, 5.74) is 4.91. The summed E-state index contributed by atoms with van der Waals surface area (Å²) in [6.07, 6.45) is 0.755. The minimum absolute atomic E-state index is 0.138. The molecule has 0 aliphatic rings. The largest absolute Gasteiger partial charge is 0.337 e. The van der Waals surface area contributed by atoms with Crippen LogP contribution in [-0.2, 0) is 11.2 Å². The molecule has 0 unspecified atom stereocenters. The Labute approximate surface area is 165 Å². The number of fused-ring (bicyclic) bond motifs is 1. The Morgan fingerprint density at radius 2 is 1.86 bits per heavy atom. The summed E-state index contributed by atoms with van der Waals surface area (Å²) in [5.74, 6) is 0.0975. The Hall–Kier alpha value is -3.26. The number of nitrogens with zero attached hydrogens (tertiary/aromatic N) is 1. The normalized spacial score (nSPS) is 11.0. The van der Waals surface area contributed by atoms with Gasteiger partial charge < -0.3 is 20.3 Å². The molecule has 0 fully saturated rings. The van der Waals surface area contributed by atoms with Crippen LogP contribution in [0.2, 0.25) is 0 Å². The summed E-state index contributed by atoms with van der Waals surface area (Å²) in [6.45, 7) is 1.99. The molecule has 0 saturated heterocycles. The highest BCUT2D eigenvalue weighted by Gasteiger charge is 2.11. The van der Waals surface area contributed by atoms with Gasteiger partial charge in [0.1, 0.15) is 0 Å². The van der Waals surface area contributed by atoms with Crippen LogP contribution in [0, 0.1) is 6.92 Å². The van der Waals surface area contributed by atoms with E-state index in [1.807, 2.05) is 25.1 Å². The van der Waals surface area contributed by atoms with Crippen molar-refractivity contribution in [1.82, 2.24) is 19.9 Å². The van der Waals surface area contributed by atoms with Gasteiger partial charge in [-0.05, 0) is 30.7 Å². The quantitative estimate of drug-likeness (QED) is 0.377. The Balaban J connectivity index is 1.36. The number of imidazole rings is 2. The molecule has 28 heavy (non-hydrogen) atoms. The number of hydrogen-bond donors (Lipinski definition) is 4. The Morgan fingerprint density at radius 1 is 1.07 bits per heavy atom. The molecule has 1 amide bonds. The van der Waals surface area contributed by atoms with Crippen molar-refractivity contribution in [2.75, 3.05) is 11.1 Å². The number of aryl methyl sites for hydroxylation is 1. The molecule has 0 radical (unpaired) electrons. The zero-order valence-corrected chi connectivity index (χ0v) is 16.0. The zero-order chi connectivity index (χ0) is 19.5. The van der Waals surface area contributed by atoms with Crippen molar-refractivity contribution in [3.63, 3.8) is 0 Å². The smallest absolute Gasteiger partial charge is 0.323 e. The van der Waals surface area contributed by atoms with E-state index in [9.17, 15) is 9.59 Å². The van der Waals surface area contributed by atoms with E-state index in [4.69, 9.17) is 0 Å². The molecule has 0 aliphatic carbocycles. The lowest BCUT2D eigenvalue weighted by atomic mass is 10.1. The highest BCUT2D eigenvalue weighted by molar-refractivity contribution is 7.99. The number of carbonyl (C=O) groups excluding carboxylic acids is 1. The van der Waals surface area contributed by atoms with Crippen molar-refractivity contribution in [1.29, 1.82) is 0 Å². The highest BCUT2D eigenvalue weighted by atomic mass is 32.2. The molecule has 4 rings (SSSR count). The first-order chi connectivity index (χ1) is 13.6. The Bertz CT molecular complexity index is 1180. The molecule has 0 saturated carbocycles. The van der Waals surface area contributed by atoms with Gasteiger partial charge in [0.15, 0.2) is 5.16 Å². The predicted octanol–water partition coefficient (Wildman–Crippen LogP) is 3.21. The summed E-state index contributed by atoms with van der Waals surface area (Å²) in [6, 6.07) is 15.4. The van der Waals surface area contributed by atoms with Crippen LogP contribution in [0.25, 0.3) is 11.0 Å². The minimum atomic E-state index is -0.270. The van der Waals surface area contributed by atoms with E-state index in [1.165, 1.54) is 17.3 Å². The highest BCUT2D eigenvalue weighted by Crippen LogP contribution is 2.20. The van der Waals surface area contributed by atoms with Gasteiger partial charge in [0, 0.05) is 17.8 Å². The van der Waals surface area contributed by atoms with Crippen molar-refractivity contribution in [3.05, 3.63) is 76.0 Å². The number of anilines is 1. The third kappa shape index (κ3) is 4.17.